The lowest BCUT2D eigenvalue weighted by molar-refractivity contribution is 0.309. The molecule has 0 aliphatic rings. The Kier molecular flexibility index (Phi) is 5.36. The molecule has 0 unspecified atom stereocenters. The highest BCUT2D eigenvalue weighted by atomic mass is 16.5. The van der Waals surface area contributed by atoms with Crippen LogP contribution in [0, 0.1) is 5.92 Å². The molecule has 2 aromatic rings. The Morgan fingerprint density at radius 3 is 2.65 bits per heavy atom. The molecule has 0 fully saturated rings. The van der Waals surface area contributed by atoms with E-state index in [1.165, 1.54) is 10.9 Å². The lowest BCUT2D eigenvalue weighted by Crippen LogP contribution is -2.19. The fourth-order valence-electron chi connectivity index (χ4n) is 2.18. The Morgan fingerprint density at radius 1 is 1.20 bits per heavy atom. The molecule has 3 nitrogen and oxygen atoms in total. The molecule has 0 atom stereocenters. The van der Waals surface area contributed by atoms with Crippen LogP contribution in [0.1, 0.15) is 32.8 Å². The average molecular weight is 272 g/mol. The summed E-state index contributed by atoms with van der Waals surface area (Å²) in [7, 11) is 0. The summed E-state index contributed by atoms with van der Waals surface area (Å²) in [5, 5.41) is 5.80. The van der Waals surface area contributed by atoms with E-state index in [0.717, 1.165) is 30.8 Å². The predicted molar refractivity (Wildman–Crippen MR) is 84.1 cm³/mol. The van der Waals surface area contributed by atoms with Gasteiger partial charge in [0.25, 0.3) is 0 Å². The first-order valence-corrected chi connectivity index (χ1v) is 7.42. The molecule has 1 N–H and O–H groups in total. The second-order valence-electron chi connectivity index (χ2n) is 5.51. The molecule has 0 saturated carbocycles. The van der Waals surface area contributed by atoms with Gasteiger partial charge in [0.2, 0.25) is 5.88 Å². The number of hydrogen-bond acceptors (Lipinski definition) is 3. The van der Waals surface area contributed by atoms with Crippen molar-refractivity contribution < 1.29 is 4.74 Å². The summed E-state index contributed by atoms with van der Waals surface area (Å²) in [5.74, 6) is 1.40. The van der Waals surface area contributed by atoms with Gasteiger partial charge in [-0.2, -0.15) is 0 Å². The molecule has 0 saturated heterocycles. The third kappa shape index (κ3) is 3.70. The van der Waals surface area contributed by atoms with Crippen LogP contribution in [0.5, 0.6) is 5.88 Å². The maximum Gasteiger partial charge on any atom is 0.221 e. The topological polar surface area (TPSA) is 34.1 Å². The van der Waals surface area contributed by atoms with Crippen LogP contribution in [0.2, 0.25) is 0 Å². The van der Waals surface area contributed by atoms with E-state index >= 15 is 0 Å². The molecule has 0 amide bonds. The van der Waals surface area contributed by atoms with Gasteiger partial charge in [0.15, 0.2) is 0 Å². The quantitative estimate of drug-likeness (QED) is 0.833. The molecular formula is C17H24N2O. The Bertz CT molecular complexity index is 552. The van der Waals surface area contributed by atoms with Gasteiger partial charge in [0, 0.05) is 18.1 Å². The van der Waals surface area contributed by atoms with Gasteiger partial charge in [-0.3, -0.25) is 0 Å². The number of ether oxygens (including phenoxy) is 1. The molecule has 0 bridgehead atoms. The second kappa shape index (κ2) is 7.25. The summed E-state index contributed by atoms with van der Waals surface area (Å²) >= 11 is 0. The molecule has 1 aromatic carbocycles. The molecule has 0 aliphatic carbocycles. The SMILES string of the molecule is CCCOc1ncc(CNCC(C)C)c2ccccc12. The van der Waals surface area contributed by atoms with Crippen LogP contribution in [-0.4, -0.2) is 18.1 Å². The van der Waals surface area contributed by atoms with Gasteiger partial charge in [0.1, 0.15) is 0 Å². The van der Waals surface area contributed by atoms with Crippen molar-refractivity contribution in [2.75, 3.05) is 13.2 Å². The molecule has 2 rings (SSSR count). The Hall–Kier alpha value is -1.61. The van der Waals surface area contributed by atoms with Gasteiger partial charge in [-0.05, 0) is 35.9 Å². The summed E-state index contributed by atoms with van der Waals surface area (Å²) < 4.78 is 5.73. The maximum atomic E-state index is 5.73. The number of fused-ring (bicyclic) bond motifs is 1. The zero-order valence-electron chi connectivity index (χ0n) is 12.6. The minimum Gasteiger partial charge on any atom is -0.477 e. The van der Waals surface area contributed by atoms with E-state index in [1.807, 2.05) is 12.3 Å². The van der Waals surface area contributed by atoms with E-state index in [9.17, 15) is 0 Å². The first-order chi connectivity index (χ1) is 9.72. The van der Waals surface area contributed by atoms with E-state index in [4.69, 9.17) is 4.74 Å². The van der Waals surface area contributed by atoms with E-state index in [-0.39, 0.29) is 0 Å². The first-order valence-electron chi connectivity index (χ1n) is 7.42. The van der Waals surface area contributed by atoms with Crippen molar-refractivity contribution >= 4 is 10.8 Å². The Labute approximate surface area is 121 Å². The van der Waals surface area contributed by atoms with Gasteiger partial charge < -0.3 is 10.1 Å². The van der Waals surface area contributed by atoms with Crippen molar-refractivity contribution in [3.8, 4) is 5.88 Å². The minimum absolute atomic E-state index is 0.654. The second-order valence-corrected chi connectivity index (χ2v) is 5.51. The van der Waals surface area contributed by atoms with Crippen molar-refractivity contribution in [2.45, 2.75) is 33.7 Å². The zero-order valence-corrected chi connectivity index (χ0v) is 12.6. The fourth-order valence-corrected chi connectivity index (χ4v) is 2.18. The van der Waals surface area contributed by atoms with Crippen molar-refractivity contribution in [3.05, 3.63) is 36.0 Å². The van der Waals surface area contributed by atoms with Gasteiger partial charge in [-0.1, -0.05) is 39.0 Å². The highest BCUT2D eigenvalue weighted by Crippen LogP contribution is 2.26. The molecule has 0 spiro atoms. The normalized spacial score (nSPS) is 11.2. The van der Waals surface area contributed by atoms with Crippen LogP contribution in [-0.2, 0) is 6.54 Å². The summed E-state index contributed by atoms with van der Waals surface area (Å²) in [6.07, 6.45) is 2.92. The molecule has 0 aliphatic heterocycles. The number of aromatic nitrogens is 1. The number of hydrogen-bond donors (Lipinski definition) is 1. The van der Waals surface area contributed by atoms with Crippen molar-refractivity contribution in [3.63, 3.8) is 0 Å². The molecule has 1 aromatic heterocycles. The molecule has 108 valence electrons. The highest BCUT2D eigenvalue weighted by Gasteiger charge is 2.08. The van der Waals surface area contributed by atoms with Crippen LogP contribution >= 0.6 is 0 Å². The molecule has 1 heterocycles. The summed E-state index contributed by atoms with van der Waals surface area (Å²) in [4.78, 5) is 4.48. The smallest absolute Gasteiger partial charge is 0.221 e. The largest absolute Gasteiger partial charge is 0.477 e. The lowest BCUT2D eigenvalue weighted by Gasteiger charge is -2.12. The number of benzene rings is 1. The standard InChI is InChI=1S/C17H24N2O/c1-4-9-20-17-16-8-6-5-7-15(16)14(12-19-17)11-18-10-13(2)3/h5-8,12-13,18H,4,9-11H2,1-3H3. The van der Waals surface area contributed by atoms with Crippen LogP contribution < -0.4 is 10.1 Å². The van der Waals surface area contributed by atoms with E-state index in [1.54, 1.807) is 0 Å². The van der Waals surface area contributed by atoms with E-state index in [0.29, 0.717) is 12.5 Å². The average Bonchev–Trinajstić information content (AvgIpc) is 2.46. The highest BCUT2D eigenvalue weighted by molar-refractivity contribution is 5.89. The number of nitrogens with zero attached hydrogens (tertiary/aromatic N) is 1. The van der Waals surface area contributed by atoms with Crippen molar-refractivity contribution in [1.82, 2.24) is 10.3 Å². The fraction of sp³-hybridized carbons (Fsp3) is 0.471. The summed E-state index contributed by atoms with van der Waals surface area (Å²) in [6, 6.07) is 8.33. The number of nitrogens with one attached hydrogen (secondary N) is 1. The number of pyridine rings is 1. The third-order valence-electron chi connectivity index (χ3n) is 3.15. The molecular weight excluding hydrogens is 248 g/mol. The third-order valence-corrected chi connectivity index (χ3v) is 3.15. The van der Waals surface area contributed by atoms with E-state index in [2.05, 4.69) is 49.3 Å². The van der Waals surface area contributed by atoms with E-state index < -0.39 is 0 Å². The molecule has 3 heteroatoms. The Balaban J connectivity index is 2.23. The first kappa shape index (κ1) is 14.8. The monoisotopic (exact) mass is 272 g/mol. The van der Waals surface area contributed by atoms with Gasteiger partial charge in [-0.25, -0.2) is 4.98 Å². The number of rotatable bonds is 7. The Morgan fingerprint density at radius 2 is 1.95 bits per heavy atom. The van der Waals surface area contributed by atoms with Crippen LogP contribution in [0.4, 0.5) is 0 Å². The predicted octanol–water partition coefficient (Wildman–Crippen LogP) is 3.77. The van der Waals surface area contributed by atoms with Crippen LogP contribution in [0.15, 0.2) is 30.5 Å². The van der Waals surface area contributed by atoms with Crippen molar-refractivity contribution in [2.24, 2.45) is 5.92 Å². The van der Waals surface area contributed by atoms with Crippen LogP contribution in [0.3, 0.4) is 0 Å². The van der Waals surface area contributed by atoms with Gasteiger partial charge in [0.05, 0.1) is 6.61 Å². The summed E-state index contributed by atoms with van der Waals surface area (Å²) in [6.45, 7) is 9.10. The van der Waals surface area contributed by atoms with Gasteiger partial charge >= 0.3 is 0 Å². The summed E-state index contributed by atoms with van der Waals surface area (Å²) in [5.41, 5.74) is 1.23. The van der Waals surface area contributed by atoms with Gasteiger partial charge in [-0.15, -0.1) is 0 Å². The minimum atomic E-state index is 0.654. The maximum absolute atomic E-state index is 5.73. The molecule has 20 heavy (non-hydrogen) atoms. The lowest BCUT2D eigenvalue weighted by atomic mass is 10.1. The molecule has 0 radical (unpaired) electrons. The van der Waals surface area contributed by atoms with Crippen molar-refractivity contribution in [1.29, 1.82) is 0 Å². The zero-order chi connectivity index (χ0) is 14.4. The van der Waals surface area contributed by atoms with Crippen LogP contribution in [0.25, 0.3) is 10.8 Å².